The molecule has 6 heavy (non-hydrogen) atoms. The maximum absolute atomic E-state index is 3.80. The van der Waals surface area contributed by atoms with Gasteiger partial charge in [0, 0.05) is 5.92 Å². The number of hydrogen-bond donors (Lipinski definition) is 0. The summed E-state index contributed by atoms with van der Waals surface area (Å²) in [4.78, 5) is 0. The summed E-state index contributed by atoms with van der Waals surface area (Å²) in [6.07, 6.45) is 2.59. The summed E-state index contributed by atoms with van der Waals surface area (Å²) in [5.74, 6) is 1.99. The van der Waals surface area contributed by atoms with E-state index in [0.717, 1.165) is 18.3 Å². The first-order chi connectivity index (χ1) is 2.84. The van der Waals surface area contributed by atoms with Gasteiger partial charge in [-0.15, -0.1) is 0 Å². The Balaban J connectivity index is 2.09. The van der Waals surface area contributed by atoms with Gasteiger partial charge >= 0.3 is 0 Å². The molecular weight excluding hydrogens is 72.1 g/mol. The van der Waals surface area contributed by atoms with Gasteiger partial charge in [0.2, 0.25) is 0 Å². The van der Waals surface area contributed by atoms with Crippen molar-refractivity contribution in [1.29, 1.82) is 0 Å². The summed E-state index contributed by atoms with van der Waals surface area (Å²) >= 11 is 0. The second-order valence-electron chi connectivity index (χ2n) is 2.26. The van der Waals surface area contributed by atoms with E-state index in [-0.39, 0.29) is 0 Å². The fourth-order valence-corrected chi connectivity index (χ4v) is 0.801. The van der Waals surface area contributed by atoms with Crippen molar-refractivity contribution >= 4 is 0 Å². The highest BCUT2D eigenvalue weighted by molar-refractivity contribution is 4.82. The molecule has 0 heteroatoms. The molecule has 0 heterocycles. The Labute approximate surface area is 39.6 Å². The Hall–Kier alpha value is -0.130. The third-order valence-electron chi connectivity index (χ3n) is 1.65. The average Bonchev–Trinajstić information content (AvgIpc) is 2.19. The molecule has 1 saturated carbocycles. The van der Waals surface area contributed by atoms with Crippen LogP contribution in [0.4, 0.5) is 0 Å². The predicted molar refractivity (Wildman–Crippen MR) is 27.2 cm³/mol. The van der Waals surface area contributed by atoms with Gasteiger partial charge in [0.1, 0.15) is 0 Å². The van der Waals surface area contributed by atoms with Crippen molar-refractivity contribution in [2.24, 2.45) is 11.8 Å². The van der Waals surface area contributed by atoms with E-state index in [2.05, 4.69) is 13.8 Å². The summed E-state index contributed by atoms with van der Waals surface area (Å²) in [6.45, 7) is 6.09. The maximum atomic E-state index is 3.80. The van der Waals surface area contributed by atoms with Crippen molar-refractivity contribution in [3.05, 3.63) is 6.92 Å². The number of rotatable bonds is 1. The summed E-state index contributed by atoms with van der Waals surface area (Å²) in [7, 11) is 0. The van der Waals surface area contributed by atoms with E-state index in [1.807, 2.05) is 0 Å². The highest BCUT2D eigenvalue weighted by Gasteiger charge is 2.32. The lowest BCUT2D eigenvalue weighted by Gasteiger charge is -1.72. The lowest BCUT2D eigenvalue weighted by atomic mass is 10.3. The molecule has 0 aliphatic heterocycles. The van der Waals surface area contributed by atoms with Gasteiger partial charge in [-0.25, -0.2) is 0 Å². The van der Waals surface area contributed by atoms with Crippen LogP contribution in [-0.2, 0) is 0 Å². The van der Waals surface area contributed by atoms with Crippen LogP contribution in [0.3, 0.4) is 0 Å². The van der Waals surface area contributed by atoms with E-state index < -0.39 is 0 Å². The first-order valence-corrected chi connectivity index (χ1v) is 2.64. The van der Waals surface area contributed by atoms with Crippen LogP contribution >= 0.6 is 0 Å². The minimum Gasteiger partial charge on any atom is -0.0621 e. The second-order valence-corrected chi connectivity index (χ2v) is 2.26. The second kappa shape index (κ2) is 1.18. The van der Waals surface area contributed by atoms with Crippen molar-refractivity contribution in [2.75, 3.05) is 0 Å². The zero-order chi connectivity index (χ0) is 4.57. The Morgan fingerprint density at radius 1 is 1.83 bits per heavy atom. The van der Waals surface area contributed by atoms with Crippen molar-refractivity contribution in [3.63, 3.8) is 0 Å². The van der Waals surface area contributed by atoms with Gasteiger partial charge in [0.25, 0.3) is 0 Å². The SMILES string of the molecule is [CH2+]CC1CC1C. The highest BCUT2D eigenvalue weighted by atomic mass is 14.3. The van der Waals surface area contributed by atoms with Crippen LogP contribution in [0, 0.1) is 18.8 Å². The molecule has 0 aromatic rings. The van der Waals surface area contributed by atoms with E-state index in [9.17, 15) is 0 Å². The Morgan fingerprint density at radius 3 is 2.33 bits per heavy atom. The van der Waals surface area contributed by atoms with Crippen LogP contribution in [-0.4, -0.2) is 0 Å². The van der Waals surface area contributed by atoms with Crippen molar-refractivity contribution < 1.29 is 0 Å². The zero-order valence-corrected chi connectivity index (χ0v) is 4.28. The molecular formula is C6H11+. The molecule has 2 atom stereocenters. The van der Waals surface area contributed by atoms with Crippen molar-refractivity contribution in [3.8, 4) is 0 Å². The average molecular weight is 83.2 g/mol. The fourth-order valence-electron chi connectivity index (χ4n) is 0.801. The van der Waals surface area contributed by atoms with Gasteiger partial charge in [-0.05, 0) is 12.3 Å². The van der Waals surface area contributed by atoms with E-state index in [4.69, 9.17) is 0 Å². The largest absolute Gasteiger partial charge is 0.0881 e. The molecule has 2 unspecified atom stereocenters. The monoisotopic (exact) mass is 83.1 g/mol. The summed E-state index contributed by atoms with van der Waals surface area (Å²) < 4.78 is 0. The molecule has 0 nitrogen and oxygen atoms in total. The standard InChI is InChI=1S/C6H11/c1-3-6-4-5(6)2/h5-6H,1,3-4H2,2H3/q+1. The van der Waals surface area contributed by atoms with Crippen molar-refractivity contribution in [1.82, 2.24) is 0 Å². The van der Waals surface area contributed by atoms with Crippen LogP contribution in [0.5, 0.6) is 0 Å². The van der Waals surface area contributed by atoms with E-state index in [1.54, 1.807) is 0 Å². The normalized spacial score (nSPS) is 42.8. The molecule has 0 aromatic carbocycles. The first kappa shape index (κ1) is 4.04. The van der Waals surface area contributed by atoms with Crippen molar-refractivity contribution in [2.45, 2.75) is 19.8 Å². The van der Waals surface area contributed by atoms with Gasteiger partial charge in [-0.3, -0.25) is 0 Å². The molecule has 0 saturated heterocycles. The molecule has 1 aliphatic rings. The van der Waals surface area contributed by atoms with Gasteiger partial charge in [-0.2, -0.15) is 0 Å². The zero-order valence-electron chi connectivity index (χ0n) is 4.28. The molecule has 0 bridgehead atoms. The first-order valence-electron chi connectivity index (χ1n) is 2.64. The van der Waals surface area contributed by atoms with Crippen LogP contribution in [0.1, 0.15) is 19.8 Å². The van der Waals surface area contributed by atoms with Crippen LogP contribution in [0.25, 0.3) is 0 Å². The third kappa shape index (κ3) is 0.515. The lowest BCUT2D eigenvalue weighted by Crippen LogP contribution is -1.68. The summed E-state index contributed by atoms with van der Waals surface area (Å²) in [6, 6.07) is 0. The molecule has 0 amide bonds. The molecule has 0 spiro atoms. The third-order valence-corrected chi connectivity index (χ3v) is 1.65. The molecule has 0 radical (unpaired) electrons. The minimum atomic E-state index is 0.991. The van der Waals surface area contributed by atoms with E-state index >= 15 is 0 Å². The molecule has 1 aliphatic carbocycles. The Morgan fingerprint density at radius 2 is 2.33 bits per heavy atom. The molecule has 0 N–H and O–H groups in total. The quantitative estimate of drug-likeness (QED) is 0.424. The fraction of sp³-hybridized carbons (Fsp3) is 0.833. The topological polar surface area (TPSA) is 0 Å². The summed E-state index contributed by atoms with van der Waals surface area (Å²) in [5, 5.41) is 0. The van der Waals surface area contributed by atoms with Gasteiger partial charge < -0.3 is 0 Å². The lowest BCUT2D eigenvalue weighted by molar-refractivity contribution is 0.764. The van der Waals surface area contributed by atoms with Crippen LogP contribution in [0.2, 0.25) is 0 Å². The maximum Gasteiger partial charge on any atom is 0.0881 e. The Bertz CT molecular complexity index is 46.0. The molecule has 34 valence electrons. The summed E-state index contributed by atoms with van der Waals surface area (Å²) in [5.41, 5.74) is 0. The van der Waals surface area contributed by atoms with E-state index in [1.165, 1.54) is 6.42 Å². The van der Waals surface area contributed by atoms with Gasteiger partial charge in [0.15, 0.2) is 0 Å². The Kier molecular flexibility index (Phi) is 0.793. The van der Waals surface area contributed by atoms with Crippen LogP contribution < -0.4 is 0 Å². The van der Waals surface area contributed by atoms with Gasteiger partial charge in [-0.1, -0.05) is 6.92 Å². The molecule has 1 fully saturated rings. The number of hydrogen-bond acceptors (Lipinski definition) is 0. The van der Waals surface area contributed by atoms with E-state index in [0.29, 0.717) is 0 Å². The molecule has 0 aromatic heterocycles. The van der Waals surface area contributed by atoms with Gasteiger partial charge in [0.05, 0.1) is 13.3 Å². The van der Waals surface area contributed by atoms with Crippen LogP contribution in [0.15, 0.2) is 0 Å². The smallest absolute Gasteiger partial charge is 0.0621 e. The predicted octanol–water partition coefficient (Wildman–Crippen LogP) is 1.87. The minimum absolute atomic E-state index is 0.991. The molecule has 1 rings (SSSR count). The highest BCUT2D eigenvalue weighted by Crippen LogP contribution is 2.39.